The van der Waals surface area contributed by atoms with Crippen molar-refractivity contribution in [2.24, 2.45) is 0 Å². The number of phenols is 1. The number of hydrogen-bond donors (Lipinski definition) is 1. The van der Waals surface area contributed by atoms with Crippen LogP contribution in [0.1, 0.15) is 21.5 Å². The van der Waals surface area contributed by atoms with E-state index in [9.17, 15) is 9.90 Å². The molecule has 1 aromatic heterocycles. The van der Waals surface area contributed by atoms with Gasteiger partial charge in [0.25, 0.3) is 0 Å². The van der Waals surface area contributed by atoms with Gasteiger partial charge in [0.05, 0.1) is 0 Å². The summed E-state index contributed by atoms with van der Waals surface area (Å²) in [6, 6.07) is 8.16. The van der Waals surface area contributed by atoms with E-state index in [1.807, 2.05) is 0 Å². The molecular formula is C13H11NO2. The zero-order valence-corrected chi connectivity index (χ0v) is 8.84. The van der Waals surface area contributed by atoms with Gasteiger partial charge in [0.1, 0.15) is 5.75 Å². The normalized spacial score (nSPS) is 10.1. The highest BCUT2D eigenvalue weighted by Crippen LogP contribution is 2.18. The lowest BCUT2D eigenvalue weighted by atomic mass is 10.0. The van der Waals surface area contributed by atoms with E-state index < -0.39 is 0 Å². The van der Waals surface area contributed by atoms with Gasteiger partial charge < -0.3 is 5.11 Å². The number of pyridine rings is 1. The first-order valence-corrected chi connectivity index (χ1v) is 4.93. The van der Waals surface area contributed by atoms with Gasteiger partial charge in [0, 0.05) is 23.5 Å². The Morgan fingerprint density at radius 3 is 2.75 bits per heavy atom. The van der Waals surface area contributed by atoms with Gasteiger partial charge in [-0.25, -0.2) is 0 Å². The number of hydrogen-bond acceptors (Lipinski definition) is 3. The third-order valence-corrected chi connectivity index (χ3v) is 2.38. The van der Waals surface area contributed by atoms with Crippen LogP contribution in [0.5, 0.6) is 5.75 Å². The van der Waals surface area contributed by atoms with E-state index in [1.165, 1.54) is 12.3 Å². The molecule has 0 saturated carbocycles. The molecule has 1 N–H and O–H groups in total. The van der Waals surface area contributed by atoms with Crippen LogP contribution >= 0.6 is 0 Å². The summed E-state index contributed by atoms with van der Waals surface area (Å²) in [7, 11) is 0. The predicted molar refractivity (Wildman–Crippen MR) is 60.5 cm³/mol. The second-order valence-electron chi connectivity index (χ2n) is 3.57. The molecule has 1 heterocycles. The summed E-state index contributed by atoms with van der Waals surface area (Å²) in [6.07, 6.45) is 3.16. The Balaban J connectivity index is 2.42. The number of carbonyl (C=O) groups excluding carboxylic acids is 1. The molecule has 3 nitrogen and oxygen atoms in total. The third kappa shape index (κ3) is 1.93. The molecule has 0 radical (unpaired) electrons. The Labute approximate surface area is 93.4 Å². The lowest BCUT2D eigenvalue weighted by molar-refractivity contribution is 0.103. The highest BCUT2D eigenvalue weighted by Gasteiger charge is 2.11. The van der Waals surface area contributed by atoms with Crippen molar-refractivity contribution in [2.75, 3.05) is 0 Å². The molecular weight excluding hydrogens is 202 g/mol. The highest BCUT2D eigenvalue weighted by molar-refractivity contribution is 6.09. The standard InChI is InChI=1S/C13H11NO2/c1-9-7-11(15)4-5-12(9)13(16)10-3-2-6-14-8-10/h2-8,15H,1H3. The van der Waals surface area contributed by atoms with Crippen molar-refractivity contribution in [2.45, 2.75) is 6.92 Å². The number of aromatic hydroxyl groups is 1. The maximum Gasteiger partial charge on any atom is 0.194 e. The Morgan fingerprint density at radius 2 is 2.12 bits per heavy atom. The smallest absolute Gasteiger partial charge is 0.194 e. The van der Waals surface area contributed by atoms with Crippen molar-refractivity contribution in [3.05, 3.63) is 59.4 Å². The quantitative estimate of drug-likeness (QED) is 0.779. The maximum atomic E-state index is 12.1. The molecule has 80 valence electrons. The number of aromatic nitrogens is 1. The third-order valence-electron chi connectivity index (χ3n) is 2.38. The number of phenolic OH excluding ortho intramolecular Hbond substituents is 1. The SMILES string of the molecule is Cc1cc(O)ccc1C(=O)c1cccnc1. The van der Waals surface area contributed by atoms with Crippen molar-refractivity contribution >= 4 is 5.78 Å². The Hall–Kier alpha value is -2.16. The lowest BCUT2D eigenvalue weighted by Gasteiger charge is -2.04. The van der Waals surface area contributed by atoms with Crippen LogP contribution < -0.4 is 0 Å². The molecule has 1 aromatic carbocycles. The minimum atomic E-state index is -0.0781. The fourth-order valence-corrected chi connectivity index (χ4v) is 1.56. The Kier molecular flexibility index (Phi) is 2.68. The van der Waals surface area contributed by atoms with Gasteiger partial charge in [-0.3, -0.25) is 9.78 Å². The van der Waals surface area contributed by atoms with E-state index in [4.69, 9.17) is 0 Å². The van der Waals surface area contributed by atoms with Gasteiger partial charge in [-0.2, -0.15) is 0 Å². The van der Waals surface area contributed by atoms with E-state index >= 15 is 0 Å². The van der Waals surface area contributed by atoms with Crippen LogP contribution in [0.3, 0.4) is 0 Å². The molecule has 0 atom stereocenters. The molecule has 0 amide bonds. The van der Waals surface area contributed by atoms with Gasteiger partial charge in [0.15, 0.2) is 5.78 Å². The van der Waals surface area contributed by atoms with Gasteiger partial charge in [-0.1, -0.05) is 0 Å². The topological polar surface area (TPSA) is 50.2 Å². The Bertz CT molecular complexity index is 521. The largest absolute Gasteiger partial charge is 0.508 e. The van der Waals surface area contributed by atoms with Crippen LogP contribution in [-0.4, -0.2) is 15.9 Å². The molecule has 0 fully saturated rings. The van der Waals surface area contributed by atoms with Gasteiger partial charge in [-0.15, -0.1) is 0 Å². The molecule has 3 heteroatoms. The average Bonchev–Trinajstić information content (AvgIpc) is 2.29. The molecule has 0 unspecified atom stereocenters. The summed E-state index contributed by atoms with van der Waals surface area (Å²) >= 11 is 0. The summed E-state index contributed by atoms with van der Waals surface area (Å²) in [5, 5.41) is 9.27. The van der Waals surface area contributed by atoms with Crippen molar-refractivity contribution < 1.29 is 9.90 Å². The monoisotopic (exact) mass is 213 g/mol. The van der Waals surface area contributed by atoms with E-state index in [-0.39, 0.29) is 11.5 Å². The molecule has 16 heavy (non-hydrogen) atoms. The number of nitrogens with zero attached hydrogens (tertiary/aromatic N) is 1. The minimum absolute atomic E-state index is 0.0781. The van der Waals surface area contributed by atoms with Crippen LogP contribution in [0.15, 0.2) is 42.7 Å². The van der Waals surface area contributed by atoms with Crippen molar-refractivity contribution in [3.8, 4) is 5.75 Å². The second kappa shape index (κ2) is 4.14. The van der Waals surface area contributed by atoms with E-state index in [1.54, 1.807) is 37.4 Å². The predicted octanol–water partition coefficient (Wildman–Crippen LogP) is 2.33. The fourth-order valence-electron chi connectivity index (χ4n) is 1.56. The molecule has 2 rings (SSSR count). The second-order valence-corrected chi connectivity index (χ2v) is 3.57. The van der Waals surface area contributed by atoms with Crippen molar-refractivity contribution in [3.63, 3.8) is 0 Å². The maximum absolute atomic E-state index is 12.1. The Morgan fingerprint density at radius 1 is 1.31 bits per heavy atom. The summed E-state index contributed by atoms with van der Waals surface area (Å²) in [5.41, 5.74) is 1.90. The first kappa shape index (κ1) is 10.4. The molecule has 0 spiro atoms. The molecule has 0 aliphatic rings. The molecule has 0 aliphatic carbocycles. The first-order valence-electron chi connectivity index (χ1n) is 4.93. The van der Waals surface area contributed by atoms with Crippen molar-refractivity contribution in [1.29, 1.82) is 0 Å². The summed E-state index contributed by atoms with van der Waals surface area (Å²) in [4.78, 5) is 16.0. The molecule has 0 aliphatic heterocycles. The van der Waals surface area contributed by atoms with Crippen LogP contribution in [0.25, 0.3) is 0 Å². The average molecular weight is 213 g/mol. The van der Waals surface area contributed by atoms with E-state index in [0.717, 1.165) is 5.56 Å². The van der Waals surface area contributed by atoms with Crippen LogP contribution in [0.2, 0.25) is 0 Å². The number of benzene rings is 1. The summed E-state index contributed by atoms with van der Waals surface area (Å²) in [5.74, 6) is 0.0887. The van der Waals surface area contributed by atoms with Gasteiger partial charge >= 0.3 is 0 Å². The first-order chi connectivity index (χ1) is 7.68. The van der Waals surface area contributed by atoms with Gasteiger partial charge in [-0.05, 0) is 42.8 Å². The van der Waals surface area contributed by atoms with Crippen molar-refractivity contribution in [1.82, 2.24) is 4.98 Å². The highest BCUT2D eigenvalue weighted by atomic mass is 16.3. The van der Waals surface area contributed by atoms with Gasteiger partial charge in [0.2, 0.25) is 0 Å². The zero-order valence-electron chi connectivity index (χ0n) is 8.84. The van der Waals surface area contributed by atoms with Crippen LogP contribution in [-0.2, 0) is 0 Å². The van der Waals surface area contributed by atoms with E-state index in [2.05, 4.69) is 4.98 Å². The molecule has 0 bridgehead atoms. The van der Waals surface area contributed by atoms with Crippen LogP contribution in [0, 0.1) is 6.92 Å². The minimum Gasteiger partial charge on any atom is -0.508 e. The number of ketones is 1. The number of aryl methyl sites for hydroxylation is 1. The fraction of sp³-hybridized carbons (Fsp3) is 0.0769. The zero-order chi connectivity index (χ0) is 11.5. The lowest BCUT2D eigenvalue weighted by Crippen LogP contribution is -2.03. The molecule has 2 aromatic rings. The number of rotatable bonds is 2. The summed E-state index contributed by atoms with van der Waals surface area (Å²) in [6.45, 7) is 1.79. The molecule has 0 saturated heterocycles. The summed E-state index contributed by atoms with van der Waals surface area (Å²) < 4.78 is 0. The van der Waals surface area contributed by atoms with E-state index in [0.29, 0.717) is 11.1 Å². The van der Waals surface area contributed by atoms with Crippen LogP contribution in [0.4, 0.5) is 0 Å². The number of carbonyl (C=O) groups is 1.